The van der Waals surface area contributed by atoms with E-state index >= 15 is 0 Å². The molecular weight excluding hydrogens is 297 g/mol. The highest BCUT2D eigenvalue weighted by molar-refractivity contribution is 6.28. The molecule has 20 heavy (non-hydrogen) atoms. The summed E-state index contributed by atoms with van der Waals surface area (Å²) >= 11 is 5.65. The third-order valence-corrected chi connectivity index (χ3v) is 2.97. The molecule has 0 saturated heterocycles. The van der Waals surface area contributed by atoms with Crippen LogP contribution >= 0.6 is 11.6 Å². The van der Waals surface area contributed by atoms with Gasteiger partial charge in [0.15, 0.2) is 5.65 Å². The summed E-state index contributed by atoms with van der Waals surface area (Å²) in [6.45, 7) is 3.53. The third kappa shape index (κ3) is 2.69. The van der Waals surface area contributed by atoms with Gasteiger partial charge in [-0.2, -0.15) is 18.2 Å². The van der Waals surface area contributed by atoms with E-state index in [0.29, 0.717) is 5.52 Å². The maximum atomic E-state index is 12.2. The Morgan fingerprint density at radius 2 is 2.15 bits per heavy atom. The number of rotatable bonds is 3. The number of hydrogen-bond donors (Lipinski definition) is 0. The Balaban J connectivity index is 2.48. The molecule has 0 saturated carbocycles. The zero-order valence-corrected chi connectivity index (χ0v) is 11.2. The monoisotopic (exact) mass is 306 g/mol. The minimum Gasteiger partial charge on any atom is -0.292 e. The molecule has 0 N–H and O–H groups in total. The van der Waals surface area contributed by atoms with Gasteiger partial charge in [0.1, 0.15) is 5.52 Å². The molecule has 5 nitrogen and oxygen atoms in total. The lowest BCUT2D eigenvalue weighted by Crippen LogP contribution is -2.22. The van der Waals surface area contributed by atoms with Crippen LogP contribution in [0.2, 0.25) is 5.28 Å². The van der Waals surface area contributed by atoms with Crippen LogP contribution in [0.4, 0.5) is 13.2 Å². The Morgan fingerprint density at radius 1 is 1.50 bits per heavy atom. The quantitative estimate of drug-likeness (QED) is 0.819. The fourth-order valence-electron chi connectivity index (χ4n) is 1.77. The standard InChI is InChI=1S/C11H10ClF3N4O/c1-6(3-4-11(13,14)15)19-8-7(18(2)10(19)20)5-16-9(12)17-8/h5H,1,3-4H2,2H3. The fourth-order valence-corrected chi connectivity index (χ4v) is 1.90. The number of aryl methyl sites for hydroxylation is 1. The van der Waals surface area contributed by atoms with Crippen LogP contribution in [-0.4, -0.2) is 25.3 Å². The summed E-state index contributed by atoms with van der Waals surface area (Å²) in [6, 6.07) is 0. The molecule has 2 rings (SSSR count). The fraction of sp³-hybridized carbons (Fsp3) is 0.364. The van der Waals surface area contributed by atoms with Crippen LogP contribution in [0.1, 0.15) is 12.8 Å². The topological polar surface area (TPSA) is 52.7 Å². The van der Waals surface area contributed by atoms with Crippen molar-refractivity contribution < 1.29 is 13.2 Å². The van der Waals surface area contributed by atoms with E-state index in [0.717, 1.165) is 4.57 Å². The van der Waals surface area contributed by atoms with Gasteiger partial charge >= 0.3 is 11.9 Å². The SMILES string of the molecule is C=C(CCC(F)(F)F)n1c(=O)n(C)c2cnc(Cl)nc21. The molecule has 0 fully saturated rings. The Kier molecular flexibility index (Phi) is 3.59. The van der Waals surface area contributed by atoms with Crippen LogP contribution in [0.5, 0.6) is 0 Å². The van der Waals surface area contributed by atoms with Gasteiger partial charge in [-0.25, -0.2) is 14.3 Å². The van der Waals surface area contributed by atoms with Crippen molar-refractivity contribution >= 4 is 28.5 Å². The van der Waals surface area contributed by atoms with E-state index in [4.69, 9.17) is 11.6 Å². The summed E-state index contributed by atoms with van der Waals surface area (Å²) in [7, 11) is 1.47. The first-order valence-electron chi connectivity index (χ1n) is 5.55. The third-order valence-electron chi connectivity index (χ3n) is 2.79. The molecule has 0 atom stereocenters. The van der Waals surface area contributed by atoms with E-state index in [1.807, 2.05) is 0 Å². The van der Waals surface area contributed by atoms with E-state index in [2.05, 4.69) is 16.5 Å². The molecule has 9 heteroatoms. The van der Waals surface area contributed by atoms with Crippen molar-refractivity contribution in [3.8, 4) is 0 Å². The molecule has 0 aromatic carbocycles. The molecule has 0 aliphatic rings. The van der Waals surface area contributed by atoms with Gasteiger partial charge in [0, 0.05) is 19.2 Å². The number of alkyl halides is 3. The maximum absolute atomic E-state index is 12.2. The Morgan fingerprint density at radius 3 is 2.75 bits per heavy atom. The van der Waals surface area contributed by atoms with Crippen LogP contribution in [0, 0.1) is 0 Å². The van der Waals surface area contributed by atoms with Gasteiger partial charge in [-0.05, 0) is 18.0 Å². The van der Waals surface area contributed by atoms with Gasteiger partial charge in [0.05, 0.1) is 6.20 Å². The molecule has 2 heterocycles. The number of aromatic nitrogens is 4. The number of allylic oxidation sites excluding steroid dienone is 1. The summed E-state index contributed by atoms with van der Waals surface area (Å²) in [4.78, 5) is 19.7. The summed E-state index contributed by atoms with van der Waals surface area (Å²) in [5, 5.41) is -0.0968. The highest BCUT2D eigenvalue weighted by atomic mass is 35.5. The Hall–Kier alpha value is -1.83. The van der Waals surface area contributed by atoms with Crippen molar-refractivity contribution in [3.63, 3.8) is 0 Å². The van der Waals surface area contributed by atoms with Crippen LogP contribution in [0.25, 0.3) is 16.9 Å². The van der Waals surface area contributed by atoms with Crippen molar-refractivity contribution in [2.45, 2.75) is 19.0 Å². The second-order valence-corrected chi connectivity index (χ2v) is 4.54. The van der Waals surface area contributed by atoms with Crippen molar-refractivity contribution in [2.24, 2.45) is 7.05 Å². The average molecular weight is 307 g/mol. The molecule has 0 aliphatic carbocycles. The number of hydrogen-bond acceptors (Lipinski definition) is 3. The van der Waals surface area contributed by atoms with Crippen LogP contribution in [-0.2, 0) is 7.05 Å². The van der Waals surface area contributed by atoms with Crippen molar-refractivity contribution in [2.75, 3.05) is 0 Å². The lowest BCUT2D eigenvalue weighted by atomic mass is 10.2. The van der Waals surface area contributed by atoms with Crippen LogP contribution in [0.15, 0.2) is 17.6 Å². The minimum absolute atomic E-state index is 0.00712. The Labute approximate surface area is 116 Å². The van der Waals surface area contributed by atoms with E-state index < -0.39 is 24.7 Å². The van der Waals surface area contributed by atoms with E-state index in [1.165, 1.54) is 17.8 Å². The van der Waals surface area contributed by atoms with Crippen molar-refractivity contribution in [1.82, 2.24) is 19.1 Å². The maximum Gasteiger partial charge on any atom is 0.389 e. The zero-order valence-electron chi connectivity index (χ0n) is 10.4. The molecule has 0 amide bonds. The lowest BCUT2D eigenvalue weighted by Gasteiger charge is -2.09. The van der Waals surface area contributed by atoms with Gasteiger partial charge in [-0.3, -0.25) is 4.57 Å². The number of imidazole rings is 1. The van der Waals surface area contributed by atoms with E-state index in [9.17, 15) is 18.0 Å². The number of halogens is 4. The molecule has 0 radical (unpaired) electrons. The predicted molar refractivity (Wildman–Crippen MR) is 68.4 cm³/mol. The molecule has 108 valence electrons. The van der Waals surface area contributed by atoms with Gasteiger partial charge in [0.25, 0.3) is 0 Å². The summed E-state index contributed by atoms with van der Waals surface area (Å²) < 4.78 is 39.0. The molecule has 2 aromatic rings. The smallest absolute Gasteiger partial charge is 0.292 e. The first kappa shape index (κ1) is 14.6. The minimum atomic E-state index is -4.32. The van der Waals surface area contributed by atoms with Gasteiger partial charge in [-0.1, -0.05) is 6.58 Å². The molecule has 0 bridgehead atoms. The summed E-state index contributed by atoms with van der Waals surface area (Å²) in [6.07, 6.45) is -4.44. The highest BCUT2D eigenvalue weighted by Gasteiger charge is 2.27. The zero-order chi connectivity index (χ0) is 15.1. The first-order valence-corrected chi connectivity index (χ1v) is 5.93. The predicted octanol–water partition coefficient (Wildman–Crippen LogP) is 2.60. The molecule has 2 aromatic heterocycles. The molecular formula is C11H10ClF3N4O. The van der Waals surface area contributed by atoms with Crippen LogP contribution in [0.3, 0.4) is 0 Å². The van der Waals surface area contributed by atoms with E-state index in [1.54, 1.807) is 0 Å². The lowest BCUT2D eigenvalue weighted by molar-refractivity contribution is -0.133. The summed E-state index contributed by atoms with van der Waals surface area (Å²) in [5.74, 6) is 0. The van der Waals surface area contributed by atoms with Gasteiger partial charge in [0.2, 0.25) is 5.28 Å². The molecule has 0 aliphatic heterocycles. The van der Waals surface area contributed by atoms with Crippen LogP contribution < -0.4 is 5.69 Å². The largest absolute Gasteiger partial charge is 0.389 e. The average Bonchev–Trinajstić information content (AvgIpc) is 2.58. The molecule has 0 unspecified atom stereocenters. The Bertz CT molecular complexity index is 732. The van der Waals surface area contributed by atoms with Crippen molar-refractivity contribution in [1.29, 1.82) is 0 Å². The normalized spacial score (nSPS) is 12.1. The van der Waals surface area contributed by atoms with Gasteiger partial charge in [-0.15, -0.1) is 0 Å². The highest BCUT2D eigenvalue weighted by Crippen LogP contribution is 2.25. The first-order chi connectivity index (χ1) is 9.20. The molecule has 0 spiro atoms. The number of fused-ring (bicyclic) bond motifs is 1. The van der Waals surface area contributed by atoms with Gasteiger partial charge < -0.3 is 0 Å². The van der Waals surface area contributed by atoms with Crippen molar-refractivity contribution in [3.05, 3.63) is 28.5 Å². The second kappa shape index (κ2) is 4.93. The number of nitrogens with zero attached hydrogens (tertiary/aromatic N) is 4. The van der Waals surface area contributed by atoms with E-state index in [-0.39, 0.29) is 16.6 Å². The second-order valence-electron chi connectivity index (χ2n) is 4.21. The summed E-state index contributed by atoms with van der Waals surface area (Å²) in [5.41, 5.74) is -0.0198.